The van der Waals surface area contributed by atoms with Gasteiger partial charge in [0.25, 0.3) is 0 Å². The van der Waals surface area contributed by atoms with Crippen LogP contribution in [-0.2, 0) is 62.0 Å². The number of hydrogen-bond acceptors (Lipinski definition) is 4. The van der Waals surface area contributed by atoms with Crippen LogP contribution in [0.3, 0.4) is 0 Å². The third kappa shape index (κ3) is 1040. The number of aliphatic carboxylic acids is 2. The molecule has 48 valence electrons. The van der Waals surface area contributed by atoms with Crippen molar-refractivity contribution in [3.8, 4) is 0 Å². The standard InChI is InChI=1S/2C2H4O2.2Zr/c2*1-2(3)4;;/h2*1H3,(H,3,4);;/q;;2*+4/p-2. The van der Waals surface area contributed by atoms with Crippen LogP contribution in [0.4, 0.5) is 0 Å². The molecule has 0 fully saturated rings. The Morgan fingerprint density at radius 1 is 0.900 bits per heavy atom. The predicted octanol–water partition coefficient (Wildman–Crippen LogP) is -2.49. The molecule has 0 heterocycles. The number of rotatable bonds is 0. The van der Waals surface area contributed by atoms with Crippen LogP contribution in [0, 0.1) is 0 Å². The van der Waals surface area contributed by atoms with Gasteiger partial charge in [-0.05, 0) is 13.8 Å². The van der Waals surface area contributed by atoms with Crippen LogP contribution < -0.4 is 10.2 Å². The van der Waals surface area contributed by atoms with Gasteiger partial charge in [0, 0.05) is 11.9 Å². The average molecular weight is 301 g/mol. The van der Waals surface area contributed by atoms with Gasteiger partial charge in [0.1, 0.15) is 0 Å². The van der Waals surface area contributed by atoms with E-state index in [1.807, 2.05) is 0 Å². The van der Waals surface area contributed by atoms with E-state index in [1.54, 1.807) is 0 Å². The van der Waals surface area contributed by atoms with Crippen LogP contribution in [0.25, 0.3) is 0 Å². The number of hydrogen-bond donors (Lipinski definition) is 0. The van der Waals surface area contributed by atoms with E-state index in [0.29, 0.717) is 0 Å². The van der Waals surface area contributed by atoms with Crippen molar-refractivity contribution in [2.45, 2.75) is 13.8 Å². The summed E-state index contributed by atoms with van der Waals surface area (Å²) in [7, 11) is 0. The molecule has 0 bridgehead atoms. The molecule has 0 saturated carbocycles. The van der Waals surface area contributed by atoms with E-state index >= 15 is 0 Å². The van der Waals surface area contributed by atoms with E-state index in [4.69, 9.17) is 19.8 Å². The molecule has 0 aliphatic carbocycles. The van der Waals surface area contributed by atoms with Crippen molar-refractivity contribution in [3.63, 3.8) is 0 Å². The largest absolute Gasteiger partial charge is 4.00 e. The van der Waals surface area contributed by atoms with Gasteiger partial charge >= 0.3 is 52.4 Å². The van der Waals surface area contributed by atoms with Crippen LogP contribution in [0.5, 0.6) is 0 Å². The van der Waals surface area contributed by atoms with Crippen LogP contribution in [0.1, 0.15) is 13.8 Å². The van der Waals surface area contributed by atoms with Gasteiger partial charge in [-0.25, -0.2) is 0 Å². The smallest absolute Gasteiger partial charge is 0.550 e. The molecular weight excluding hydrogens is 294 g/mol. The summed E-state index contributed by atoms with van der Waals surface area (Å²) >= 11 is 0. The van der Waals surface area contributed by atoms with Gasteiger partial charge in [0.05, 0.1) is 0 Å². The Kier molecular flexibility index (Phi) is 36.7. The van der Waals surface area contributed by atoms with Gasteiger partial charge in [0.15, 0.2) is 0 Å². The Hall–Kier alpha value is 0.706. The number of carbonyl (C=O) groups is 2. The fraction of sp³-hybridized carbons (Fsp3) is 0.500. The summed E-state index contributed by atoms with van der Waals surface area (Å²) in [6.07, 6.45) is 0. The second kappa shape index (κ2) is 16.4. The van der Waals surface area contributed by atoms with Crippen LogP contribution >= 0.6 is 0 Å². The molecule has 0 radical (unpaired) electrons. The minimum absolute atomic E-state index is 0. The molecule has 0 aliphatic rings. The van der Waals surface area contributed by atoms with Gasteiger partial charge in [-0.3, -0.25) is 0 Å². The number of carboxylic acids is 2. The third-order valence-electron chi connectivity index (χ3n) is 0. The molecule has 0 amide bonds. The fourth-order valence-corrected chi connectivity index (χ4v) is 0. The topological polar surface area (TPSA) is 80.3 Å². The third-order valence-corrected chi connectivity index (χ3v) is 0. The summed E-state index contributed by atoms with van der Waals surface area (Å²) in [6.45, 7) is 1.94. The maximum atomic E-state index is 8.89. The van der Waals surface area contributed by atoms with Crippen molar-refractivity contribution in [2.24, 2.45) is 0 Å². The van der Waals surface area contributed by atoms with Gasteiger partial charge < -0.3 is 19.8 Å². The first-order valence-electron chi connectivity index (χ1n) is 1.82. The minimum atomic E-state index is -1.08. The maximum Gasteiger partial charge on any atom is 4.00 e. The Balaban J connectivity index is -0.0000000300. The van der Waals surface area contributed by atoms with Gasteiger partial charge in [-0.1, -0.05) is 0 Å². The SMILES string of the molecule is CC(=O)[O-].CC(=O)[O-].[Zr+4].[Zr+4]. The zero-order valence-electron chi connectivity index (χ0n) is 5.63. The molecule has 4 nitrogen and oxygen atoms in total. The summed E-state index contributed by atoms with van der Waals surface area (Å²) in [6, 6.07) is 0. The van der Waals surface area contributed by atoms with E-state index in [-0.39, 0.29) is 52.4 Å². The summed E-state index contributed by atoms with van der Waals surface area (Å²) in [5, 5.41) is 17.8. The van der Waals surface area contributed by atoms with E-state index < -0.39 is 11.9 Å². The fourth-order valence-electron chi connectivity index (χ4n) is 0. The van der Waals surface area contributed by atoms with Crippen molar-refractivity contribution in [3.05, 3.63) is 0 Å². The van der Waals surface area contributed by atoms with Crippen molar-refractivity contribution >= 4 is 11.9 Å². The van der Waals surface area contributed by atoms with Crippen LogP contribution in [-0.4, -0.2) is 11.9 Å². The van der Waals surface area contributed by atoms with E-state index in [9.17, 15) is 0 Å². The van der Waals surface area contributed by atoms with Crippen LogP contribution in [0.2, 0.25) is 0 Å². The Bertz CT molecular complexity index is 73.3. The van der Waals surface area contributed by atoms with E-state index in [2.05, 4.69) is 0 Å². The van der Waals surface area contributed by atoms with E-state index in [0.717, 1.165) is 13.8 Å². The first-order valence-corrected chi connectivity index (χ1v) is 1.82. The first-order chi connectivity index (χ1) is 3.46. The molecule has 6 heteroatoms. The summed E-state index contributed by atoms with van der Waals surface area (Å²) in [5.41, 5.74) is 0. The molecule has 0 unspecified atom stereocenters. The number of carbonyl (C=O) groups excluding carboxylic acids is 2. The molecule has 0 atom stereocenters. The summed E-state index contributed by atoms with van der Waals surface area (Å²) in [5.74, 6) is -2.17. The molecule has 0 N–H and O–H groups in total. The van der Waals surface area contributed by atoms with Crippen molar-refractivity contribution in [1.29, 1.82) is 0 Å². The normalized spacial score (nSPS) is 5.00. The quantitative estimate of drug-likeness (QED) is 0.496. The zero-order chi connectivity index (χ0) is 7.15. The Labute approximate surface area is 97.2 Å². The molecule has 0 aromatic rings. The number of carboxylic acid groups (broad SMARTS) is 2. The maximum absolute atomic E-state index is 8.89. The second-order valence-corrected chi connectivity index (χ2v) is 0.983. The van der Waals surface area contributed by atoms with Crippen molar-refractivity contribution < 1.29 is 72.2 Å². The second-order valence-electron chi connectivity index (χ2n) is 0.983. The van der Waals surface area contributed by atoms with Crippen molar-refractivity contribution in [2.75, 3.05) is 0 Å². The molecule has 0 aromatic heterocycles. The van der Waals surface area contributed by atoms with Gasteiger partial charge in [0.2, 0.25) is 0 Å². The summed E-state index contributed by atoms with van der Waals surface area (Å²) in [4.78, 5) is 17.8. The zero-order valence-corrected chi connectivity index (χ0v) is 10.5. The first kappa shape index (κ1) is 22.4. The van der Waals surface area contributed by atoms with Crippen molar-refractivity contribution in [1.82, 2.24) is 0 Å². The van der Waals surface area contributed by atoms with Crippen LogP contribution in [0.15, 0.2) is 0 Å². The molecule has 0 spiro atoms. The Morgan fingerprint density at radius 3 is 0.900 bits per heavy atom. The van der Waals surface area contributed by atoms with Gasteiger partial charge in [-0.15, -0.1) is 0 Å². The van der Waals surface area contributed by atoms with Gasteiger partial charge in [-0.2, -0.15) is 0 Å². The average Bonchev–Trinajstić information content (AvgIpc) is 1.25. The summed E-state index contributed by atoms with van der Waals surface area (Å²) < 4.78 is 0. The Morgan fingerprint density at radius 2 is 0.900 bits per heavy atom. The molecule has 0 aromatic carbocycles. The van der Waals surface area contributed by atoms with E-state index in [1.165, 1.54) is 0 Å². The molecule has 10 heavy (non-hydrogen) atoms. The molecule has 0 aliphatic heterocycles. The predicted molar refractivity (Wildman–Crippen MR) is 21.4 cm³/mol. The monoisotopic (exact) mass is 298 g/mol. The molecule has 0 rings (SSSR count). The minimum Gasteiger partial charge on any atom is -0.550 e. The molecule has 0 saturated heterocycles. The molecular formula is C4H6O4Zr2+6.